The molecular weight excluding hydrogens is 269 g/mol. The number of nitrogens with zero attached hydrogens (tertiary/aromatic N) is 3. The third-order valence-electron chi connectivity index (χ3n) is 3.79. The van der Waals surface area contributed by atoms with E-state index in [1.54, 1.807) is 18.2 Å². The summed E-state index contributed by atoms with van der Waals surface area (Å²) in [6.07, 6.45) is 5.11. The summed E-state index contributed by atoms with van der Waals surface area (Å²) >= 11 is 0. The highest BCUT2D eigenvalue weighted by molar-refractivity contribution is 5.65. The zero-order valence-corrected chi connectivity index (χ0v) is 12.1. The summed E-state index contributed by atoms with van der Waals surface area (Å²) in [5, 5.41) is 0. The maximum absolute atomic E-state index is 14.3. The largest absolute Gasteiger partial charge is 0.494 e. The Bertz CT molecular complexity index is 627. The van der Waals surface area contributed by atoms with Gasteiger partial charge in [-0.15, -0.1) is 0 Å². The first-order chi connectivity index (χ1) is 10.3. The lowest BCUT2D eigenvalue weighted by Gasteiger charge is -2.27. The molecule has 2 aromatic rings. The van der Waals surface area contributed by atoms with E-state index in [9.17, 15) is 4.39 Å². The van der Waals surface area contributed by atoms with Crippen molar-refractivity contribution in [2.24, 2.45) is 0 Å². The molecule has 110 valence electrons. The average Bonchev–Trinajstić information content (AvgIpc) is 2.56. The minimum Gasteiger partial charge on any atom is -0.494 e. The first-order valence-corrected chi connectivity index (χ1v) is 7.19. The molecule has 0 spiro atoms. The summed E-state index contributed by atoms with van der Waals surface area (Å²) in [5.41, 5.74) is 1.02. The maximum atomic E-state index is 14.3. The third-order valence-corrected chi connectivity index (χ3v) is 3.79. The molecule has 1 fully saturated rings. The van der Waals surface area contributed by atoms with Crippen molar-refractivity contribution in [3.63, 3.8) is 0 Å². The number of halogens is 1. The van der Waals surface area contributed by atoms with Crippen molar-refractivity contribution in [3.8, 4) is 17.0 Å². The highest BCUT2D eigenvalue weighted by Gasteiger charge is 2.16. The molecule has 1 aliphatic rings. The topological polar surface area (TPSA) is 38.2 Å². The number of methoxy groups -OCH3 is 1. The van der Waals surface area contributed by atoms with E-state index in [1.165, 1.54) is 32.7 Å². The Morgan fingerprint density at radius 2 is 1.95 bits per heavy atom. The Morgan fingerprint density at radius 3 is 2.71 bits per heavy atom. The summed E-state index contributed by atoms with van der Waals surface area (Å²) in [4.78, 5) is 10.8. The fraction of sp³-hybridized carbons (Fsp3) is 0.375. The van der Waals surface area contributed by atoms with E-state index < -0.39 is 0 Å². The van der Waals surface area contributed by atoms with Crippen LogP contribution in [-0.4, -0.2) is 30.2 Å². The van der Waals surface area contributed by atoms with Gasteiger partial charge in [0.1, 0.15) is 12.1 Å². The number of rotatable bonds is 3. The molecule has 4 nitrogen and oxygen atoms in total. The van der Waals surface area contributed by atoms with E-state index in [0.717, 1.165) is 18.9 Å². The highest BCUT2D eigenvalue weighted by Crippen LogP contribution is 2.29. The fourth-order valence-corrected chi connectivity index (χ4v) is 2.66. The first-order valence-electron chi connectivity index (χ1n) is 7.19. The predicted octanol–water partition coefficient (Wildman–Crippen LogP) is 3.28. The number of aromatic nitrogens is 2. The summed E-state index contributed by atoms with van der Waals surface area (Å²) in [7, 11) is 1.46. The quantitative estimate of drug-likeness (QED) is 0.868. The van der Waals surface area contributed by atoms with Gasteiger partial charge in [0.05, 0.1) is 12.8 Å². The minimum absolute atomic E-state index is 0.227. The van der Waals surface area contributed by atoms with Gasteiger partial charge in [0.15, 0.2) is 11.6 Å². The number of hydrogen-bond acceptors (Lipinski definition) is 4. The summed E-state index contributed by atoms with van der Waals surface area (Å²) in [6, 6.07) is 6.93. The second-order valence-corrected chi connectivity index (χ2v) is 5.13. The van der Waals surface area contributed by atoms with Gasteiger partial charge in [-0.1, -0.05) is 6.07 Å². The molecule has 0 bridgehead atoms. The normalized spacial score (nSPS) is 15.0. The van der Waals surface area contributed by atoms with Crippen LogP contribution >= 0.6 is 0 Å². The molecule has 1 aromatic heterocycles. The monoisotopic (exact) mass is 287 g/mol. The minimum atomic E-state index is -0.386. The van der Waals surface area contributed by atoms with Gasteiger partial charge < -0.3 is 9.64 Å². The lowest BCUT2D eigenvalue weighted by molar-refractivity contribution is 0.387. The van der Waals surface area contributed by atoms with Crippen LogP contribution in [0, 0.1) is 5.82 Å². The van der Waals surface area contributed by atoms with Crippen molar-refractivity contribution in [3.05, 3.63) is 36.4 Å². The molecule has 2 heterocycles. The predicted molar refractivity (Wildman–Crippen MR) is 80.0 cm³/mol. The molecule has 0 radical (unpaired) electrons. The van der Waals surface area contributed by atoms with Crippen molar-refractivity contribution in [1.29, 1.82) is 0 Å². The second kappa shape index (κ2) is 6.08. The number of ether oxygens (including phenoxy) is 1. The summed E-state index contributed by atoms with van der Waals surface area (Å²) < 4.78 is 19.4. The van der Waals surface area contributed by atoms with Gasteiger partial charge in [-0.05, 0) is 31.4 Å². The Balaban J connectivity index is 1.96. The molecule has 3 rings (SSSR count). The average molecular weight is 287 g/mol. The van der Waals surface area contributed by atoms with Gasteiger partial charge in [0, 0.05) is 24.7 Å². The van der Waals surface area contributed by atoms with Crippen LogP contribution in [0.15, 0.2) is 30.6 Å². The SMILES string of the molecule is COc1cccc(-c2cc(N3CCCCC3)ncn2)c1F. The molecular formula is C16H18FN3O. The van der Waals surface area contributed by atoms with Crippen LogP contribution in [0.3, 0.4) is 0 Å². The van der Waals surface area contributed by atoms with Gasteiger partial charge >= 0.3 is 0 Å². The van der Waals surface area contributed by atoms with E-state index in [-0.39, 0.29) is 11.6 Å². The van der Waals surface area contributed by atoms with Crippen LogP contribution in [0.25, 0.3) is 11.3 Å². The van der Waals surface area contributed by atoms with Crippen LogP contribution in [-0.2, 0) is 0 Å². The van der Waals surface area contributed by atoms with Crippen LogP contribution in [0.5, 0.6) is 5.75 Å². The molecule has 0 aliphatic carbocycles. The number of anilines is 1. The Labute approximate surface area is 123 Å². The molecule has 1 aliphatic heterocycles. The number of benzene rings is 1. The van der Waals surface area contributed by atoms with Gasteiger partial charge in [-0.2, -0.15) is 0 Å². The zero-order valence-electron chi connectivity index (χ0n) is 12.1. The van der Waals surface area contributed by atoms with Gasteiger partial charge in [-0.3, -0.25) is 0 Å². The van der Waals surface area contributed by atoms with Crippen molar-refractivity contribution < 1.29 is 9.13 Å². The van der Waals surface area contributed by atoms with Crippen LogP contribution < -0.4 is 9.64 Å². The Kier molecular flexibility index (Phi) is 3.99. The van der Waals surface area contributed by atoms with Crippen molar-refractivity contribution in [2.45, 2.75) is 19.3 Å². The first kappa shape index (κ1) is 13.8. The van der Waals surface area contributed by atoms with E-state index >= 15 is 0 Å². The third kappa shape index (κ3) is 2.82. The molecule has 21 heavy (non-hydrogen) atoms. The van der Waals surface area contributed by atoms with Gasteiger partial charge in [0.2, 0.25) is 0 Å². The van der Waals surface area contributed by atoms with Crippen LogP contribution in [0.1, 0.15) is 19.3 Å². The van der Waals surface area contributed by atoms with Gasteiger partial charge in [-0.25, -0.2) is 14.4 Å². The Morgan fingerprint density at radius 1 is 1.14 bits per heavy atom. The molecule has 5 heteroatoms. The Hall–Kier alpha value is -2.17. The number of piperidine rings is 1. The standard InChI is InChI=1S/C16H18FN3O/c1-21-14-7-5-6-12(16(14)17)13-10-15(19-11-18-13)20-8-3-2-4-9-20/h5-7,10-11H,2-4,8-9H2,1H3. The second-order valence-electron chi connectivity index (χ2n) is 5.13. The summed E-state index contributed by atoms with van der Waals surface area (Å²) in [6.45, 7) is 1.99. The van der Waals surface area contributed by atoms with E-state index in [1.807, 2.05) is 6.07 Å². The van der Waals surface area contributed by atoms with E-state index in [4.69, 9.17) is 4.74 Å². The number of hydrogen-bond donors (Lipinski definition) is 0. The lowest BCUT2D eigenvalue weighted by Crippen LogP contribution is -2.30. The molecule has 0 atom stereocenters. The summed E-state index contributed by atoms with van der Waals surface area (Å²) in [5.74, 6) is 0.704. The van der Waals surface area contributed by atoms with E-state index in [0.29, 0.717) is 11.3 Å². The molecule has 0 N–H and O–H groups in total. The van der Waals surface area contributed by atoms with Crippen LogP contribution in [0.2, 0.25) is 0 Å². The van der Waals surface area contributed by atoms with Crippen molar-refractivity contribution in [2.75, 3.05) is 25.1 Å². The van der Waals surface area contributed by atoms with Crippen molar-refractivity contribution >= 4 is 5.82 Å². The van der Waals surface area contributed by atoms with Crippen molar-refractivity contribution in [1.82, 2.24) is 9.97 Å². The molecule has 0 unspecified atom stereocenters. The maximum Gasteiger partial charge on any atom is 0.174 e. The fourth-order valence-electron chi connectivity index (χ4n) is 2.66. The molecule has 1 saturated heterocycles. The molecule has 0 amide bonds. The van der Waals surface area contributed by atoms with Crippen LogP contribution in [0.4, 0.5) is 10.2 Å². The van der Waals surface area contributed by atoms with Gasteiger partial charge in [0.25, 0.3) is 0 Å². The smallest absolute Gasteiger partial charge is 0.174 e. The zero-order chi connectivity index (χ0) is 14.7. The molecule has 1 aromatic carbocycles. The van der Waals surface area contributed by atoms with E-state index in [2.05, 4.69) is 14.9 Å². The highest BCUT2D eigenvalue weighted by atomic mass is 19.1. The molecule has 0 saturated carbocycles. The lowest BCUT2D eigenvalue weighted by atomic mass is 10.1.